The van der Waals surface area contributed by atoms with Crippen molar-refractivity contribution >= 4 is 53.5 Å². The van der Waals surface area contributed by atoms with E-state index in [4.69, 9.17) is 0 Å². The maximum absolute atomic E-state index is 2.49. The Kier molecular flexibility index (Phi) is 12.3. The zero-order valence-corrected chi connectivity index (χ0v) is 45.3. The van der Waals surface area contributed by atoms with E-state index in [0.29, 0.717) is 10.8 Å². The van der Waals surface area contributed by atoms with Crippen LogP contribution in [-0.4, -0.2) is 0 Å². The van der Waals surface area contributed by atoms with Gasteiger partial charge >= 0.3 is 0 Å². The molecule has 9 bridgehead atoms. The Labute approximate surface area is 456 Å². The summed E-state index contributed by atoms with van der Waals surface area (Å²) in [5.41, 5.74) is 16.7. The lowest BCUT2D eigenvalue weighted by molar-refractivity contribution is 0.219. The van der Waals surface area contributed by atoms with Gasteiger partial charge in [-0.1, -0.05) is 178 Å². The Bertz CT molecular complexity index is 3090. The van der Waals surface area contributed by atoms with Crippen molar-refractivity contribution in [1.82, 2.24) is 0 Å². The molecule has 0 aromatic heterocycles. The minimum Gasteiger partial charge on any atom is -0.311 e. The van der Waals surface area contributed by atoms with Gasteiger partial charge in [-0.2, -0.15) is 0 Å². The first-order chi connectivity index (χ1) is 37.4. The lowest BCUT2D eigenvalue weighted by Crippen LogP contribution is -2.30. The third-order valence-corrected chi connectivity index (χ3v) is 22.8. The summed E-state index contributed by atoms with van der Waals surface area (Å²) in [6.45, 7) is 0. The molecule has 76 heavy (non-hydrogen) atoms. The number of benzene rings is 6. The first-order valence-electron chi connectivity index (χ1n) is 30.9. The normalized spacial score (nSPS) is 33.9. The second kappa shape index (κ2) is 19.7. The van der Waals surface area contributed by atoms with Crippen LogP contribution < -0.4 is 4.90 Å². The van der Waals surface area contributed by atoms with E-state index in [9.17, 15) is 0 Å². The summed E-state index contributed by atoms with van der Waals surface area (Å²) >= 11 is 0. The van der Waals surface area contributed by atoms with Gasteiger partial charge in [-0.15, -0.1) is 0 Å². The molecular formula is C75H81N. The van der Waals surface area contributed by atoms with Gasteiger partial charge in [0.05, 0.1) is 0 Å². The number of fused-ring (bicyclic) bond motifs is 6. The molecule has 9 saturated carbocycles. The lowest BCUT2D eigenvalue weighted by atomic mass is 9.66. The third kappa shape index (κ3) is 9.12. The van der Waals surface area contributed by atoms with E-state index in [-0.39, 0.29) is 0 Å². The highest BCUT2D eigenvalue weighted by atomic mass is 15.1. The maximum Gasteiger partial charge on any atom is 0.0462 e. The van der Waals surface area contributed by atoms with Gasteiger partial charge in [-0.25, -0.2) is 0 Å². The highest BCUT2D eigenvalue weighted by molar-refractivity contribution is 5.81. The highest BCUT2D eigenvalue weighted by Gasteiger charge is 2.54. The van der Waals surface area contributed by atoms with Crippen LogP contribution in [0.5, 0.6) is 0 Å². The second-order valence-electron chi connectivity index (χ2n) is 27.2. The second-order valence-corrected chi connectivity index (χ2v) is 27.2. The SMILES string of the molecule is C(=C\c1ccc(N(c2ccc(/C=C/c3ccc(C45CC6CCCC(C4)C(C6)C5)cc3)cc2)c2ccc(/C=C/c3ccc(C45CCCC6CC(CC4C6)C5)cc3)cc2)cc1)/c1ccc(C2CC3CC4CC(C3)[C@@H](C4)C2)cc1. The number of anilines is 3. The number of rotatable bonds is 12. The monoisotopic (exact) mass is 996 g/mol. The summed E-state index contributed by atoms with van der Waals surface area (Å²) in [7, 11) is 0. The molecule has 0 amide bonds. The van der Waals surface area contributed by atoms with Gasteiger partial charge < -0.3 is 4.90 Å². The van der Waals surface area contributed by atoms with Crippen LogP contribution >= 0.6 is 0 Å². The van der Waals surface area contributed by atoms with Crippen molar-refractivity contribution in [1.29, 1.82) is 0 Å². The molecule has 0 saturated heterocycles. The summed E-state index contributed by atoms with van der Waals surface area (Å²) in [5, 5.41) is 0. The number of hydrogen-bond acceptors (Lipinski definition) is 1. The van der Waals surface area contributed by atoms with Crippen LogP contribution in [0.3, 0.4) is 0 Å². The quantitative estimate of drug-likeness (QED) is 0.110. The van der Waals surface area contributed by atoms with Crippen molar-refractivity contribution in [3.63, 3.8) is 0 Å². The van der Waals surface area contributed by atoms with E-state index in [0.717, 1.165) is 82.2 Å². The molecule has 9 fully saturated rings. The van der Waals surface area contributed by atoms with E-state index in [1.165, 1.54) is 162 Å². The molecule has 15 rings (SSSR count). The third-order valence-electron chi connectivity index (χ3n) is 22.8. The van der Waals surface area contributed by atoms with Gasteiger partial charge in [-0.3, -0.25) is 0 Å². The standard InChI is InChI=1S/C75H81N/c1-3-58-39-67-50-74(47-58,49-63(67)5-1)68-26-14-52(15-27-68)7-10-55-20-32-72(33-21-55)76(71-30-18-54(19-31-71)9-6-51-12-24-62(25-13-51)65-42-59-38-60-41-64(40-59)66(43-60)46-65)73-34-22-56(23-35-73)11-8-53-16-28-69(29-17-53)75-36-2-4-57-37-61(48-75)45-70(75)44-57/h6-35,57-61,63-67,70H,1-5,36-50H2/b9-6+,10-7+,11-8+/t57?,58?,59?,60?,61?,63?,64?,65?,66-,67?,70?,74?,75?/m0/s1. The first-order valence-corrected chi connectivity index (χ1v) is 30.9. The van der Waals surface area contributed by atoms with Gasteiger partial charge in [0.2, 0.25) is 0 Å². The lowest BCUT2D eigenvalue weighted by Gasteiger charge is -2.38. The Morgan fingerprint density at radius 3 is 1.38 bits per heavy atom. The van der Waals surface area contributed by atoms with Crippen molar-refractivity contribution in [2.75, 3.05) is 4.90 Å². The summed E-state index contributed by atoms with van der Waals surface area (Å²) in [6.07, 6.45) is 43.0. The van der Waals surface area contributed by atoms with Crippen LogP contribution in [0.1, 0.15) is 184 Å². The van der Waals surface area contributed by atoms with E-state index in [1.807, 2.05) is 0 Å². The molecule has 9 aliphatic carbocycles. The average Bonchev–Trinajstić information content (AvgIpc) is 3.98. The number of hydrogen-bond donors (Lipinski definition) is 0. The van der Waals surface area contributed by atoms with Crippen molar-refractivity contribution in [3.05, 3.63) is 196 Å². The fourth-order valence-electron chi connectivity index (χ4n) is 19.5. The number of nitrogens with zero attached hydrogens (tertiary/aromatic N) is 1. The summed E-state index contributed by atoms with van der Waals surface area (Å²) < 4.78 is 0. The molecule has 13 atom stereocenters. The van der Waals surface area contributed by atoms with E-state index < -0.39 is 0 Å². The largest absolute Gasteiger partial charge is 0.311 e. The van der Waals surface area contributed by atoms with E-state index in [1.54, 1.807) is 16.7 Å². The fourth-order valence-corrected chi connectivity index (χ4v) is 19.5. The Hall–Kier alpha value is -5.66. The maximum atomic E-state index is 2.49. The van der Waals surface area contributed by atoms with Crippen LogP contribution in [0.2, 0.25) is 0 Å². The molecule has 6 aromatic rings. The predicted molar refractivity (Wildman–Crippen MR) is 321 cm³/mol. The Morgan fingerprint density at radius 2 is 0.789 bits per heavy atom. The molecule has 0 aliphatic heterocycles. The van der Waals surface area contributed by atoms with Crippen molar-refractivity contribution in [3.8, 4) is 0 Å². The minimum atomic E-state index is 0.438. The molecule has 9 aliphatic rings. The molecule has 0 N–H and O–H groups in total. The van der Waals surface area contributed by atoms with Crippen LogP contribution in [0, 0.1) is 59.2 Å². The fraction of sp³-hybridized carbons (Fsp3) is 0.440. The molecule has 0 heterocycles. The highest BCUT2D eigenvalue weighted by Crippen LogP contribution is 2.63. The minimum absolute atomic E-state index is 0.438. The first kappa shape index (κ1) is 47.5. The van der Waals surface area contributed by atoms with Crippen LogP contribution in [0.4, 0.5) is 17.1 Å². The molecular weight excluding hydrogens is 915 g/mol. The molecule has 12 unspecified atom stereocenters. The molecule has 6 aromatic carbocycles. The van der Waals surface area contributed by atoms with Gasteiger partial charge in [0, 0.05) is 17.1 Å². The smallest absolute Gasteiger partial charge is 0.0462 e. The molecule has 0 radical (unpaired) electrons. The zero-order valence-electron chi connectivity index (χ0n) is 45.3. The molecule has 1 nitrogen and oxygen atoms in total. The van der Waals surface area contributed by atoms with Gasteiger partial charge in [0.15, 0.2) is 0 Å². The molecule has 1 heteroatoms. The van der Waals surface area contributed by atoms with Crippen molar-refractivity contribution < 1.29 is 0 Å². The summed E-state index contributed by atoms with van der Waals surface area (Å²) in [5.74, 6) is 10.5. The van der Waals surface area contributed by atoms with Crippen molar-refractivity contribution in [2.24, 2.45) is 59.2 Å². The van der Waals surface area contributed by atoms with E-state index >= 15 is 0 Å². The Balaban J connectivity index is 0.654. The summed E-state index contributed by atoms with van der Waals surface area (Å²) in [6, 6.07) is 56.6. The predicted octanol–water partition coefficient (Wildman–Crippen LogP) is 20.3. The average molecular weight is 996 g/mol. The van der Waals surface area contributed by atoms with Crippen LogP contribution in [0.15, 0.2) is 146 Å². The summed E-state index contributed by atoms with van der Waals surface area (Å²) in [4.78, 5) is 2.41. The van der Waals surface area contributed by atoms with Gasteiger partial charge in [-0.05, 0) is 259 Å². The van der Waals surface area contributed by atoms with Crippen molar-refractivity contribution in [2.45, 2.75) is 145 Å². The zero-order chi connectivity index (χ0) is 50.2. The van der Waals surface area contributed by atoms with Gasteiger partial charge in [0.25, 0.3) is 0 Å². The van der Waals surface area contributed by atoms with E-state index in [2.05, 4.69) is 187 Å². The van der Waals surface area contributed by atoms with Crippen LogP contribution in [-0.2, 0) is 10.8 Å². The Morgan fingerprint density at radius 1 is 0.329 bits per heavy atom. The molecule has 386 valence electrons. The van der Waals surface area contributed by atoms with Gasteiger partial charge in [0.1, 0.15) is 0 Å². The topological polar surface area (TPSA) is 3.24 Å². The van der Waals surface area contributed by atoms with Crippen LogP contribution in [0.25, 0.3) is 36.5 Å². The molecule has 0 spiro atoms.